The highest BCUT2D eigenvalue weighted by atomic mass is 35.5. The van der Waals surface area contributed by atoms with E-state index in [1.807, 2.05) is 66.7 Å². The third-order valence-corrected chi connectivity index (χ3v) is 5.45. The number of rotatable bonds is 6. The van der Waals surface area contributed by atoms with Crippen molar-refractivity contribution < 1.29 is 4.74 Å². The predicted octanol–water partition coefficient (Wildman–Crippen LogP) is 6.92. The number of para-hydroxylation sites is 3. The highest BCUT2D eigenvalue weighted by Gasteiger charge is 2.22. The number of halogens is 2. The standard InChI is InChI=1S/C23H20Cl2N2O/c1-2-22(28-16-9-4-3-5-10-16)23-26-20-13-6-7-14-21(20)27(23)15-17-18(24)11-8-12-19(17)25/h3-14,22H,2,15H2,1H3. The predicted molar refractivity (Wildman–Crippen MR) is 115 cm³/mol. The van der Waals surface area contributed by atoms with Gasteiger partial charge in [-0.2, -0.15) is 0 Å². The highest BCUT2D eigenvalue weighted by molar-refractivity contribution is 6.36. The van der Waals surface area contributed by atoms with E-state index in [0.717, 1.165) is 34.6 Å². The third kappa shape index (κ3) is 3.73. The van der Waals surface area contributed by atoms with E-state index in [2.05, 4.69) is 17.6 Å². The first-order valence-electron chi connectivity index (χ1n) is 9.27. The Hall–Kier alpha value is -2.49. The first kappa shape index (κ1) is 18.9. The fraction of sp³-hybridized carbons (Fsp3) is 0.174. The van der Waals surface area contributed by atoms with E-state index in [9.17, 15) is 0 Å². The molecule has 0 saturated carbocycles. The SMILES string of the molecule is CCC(Oc1ccccc1)c1nc2ccccc2n1Cc1c(Cl)cccc1Cl. The highest BCUT2D eigenvalue weighted by Crippen LogP contribution is 2.31. The molecule has 1 atom stereocenters. The van der Waals surface area contributed by atoms with Crippen LogP contribution < -0.4 is 4.74 Å². The molecule has 0 saturated heterocycles. The van der Waals surface area contributed by atoms with Crippen LogP contribution in [0.15, 0.2) is 72.8 Å². The molecule has 0 amide bonds. The van der Waals surface area contributed by atoms with E-state index in [1.165, 1.54) is 0 Å². The summed E-state index contributed by atoms with van der Waals surface area (Å²) in [5, 5.41) is 1.29. The normalized spacial score (nSPS) is 12.2. The van der Waals surface area contributed by atoms with Gasteiger partial charge in [0.05, 0.1) is 17.6 Å². The maximum atomic E-state index is 6.44. The largest absolute Gasteiger partial charge is 0.483 e. The molecule has 142 valence electrons. The monoisotopic (exact) mass is 410 g/mol. The topological polar surface area (TPSA) is 27.1 Å². The lowest BCUT2D eigenvalue weighted by atomic mass is 10.2. The van der Waals surface area contributed by atoms with Crippen molar-refractivity contribution in [2.24, 2.45) is 0 Å². The van der Waals surface area contributed by atoms with E-state index in [-0.39, 0.29) is 6.10 Å². The summed E-state index contributed by atoms with van der Waals surface area (Å²) in [6.07, 6.45) is 0.602. The van der Waals surface area contributed by atoms with Gasteiger partial charge in [-0.1, -0.05) is 66.5 Å². The van der Waals surface area contributed by atoms with E-state index >= 15 is 0 Å². The van der Waals surface area contributed by atoms with Gasteiger partial charge in [0.15, 0.2) is 11.9 Å². The van der Waals surface area contributed by atoms with Crippen LogP contribution in [0.5, 0.6) is 5.75 Å². The number of benzene rings is 3. The second-order valence-corrected chi connectivity index (χ2v) is 7.39. The molecule has 0 aliphatic carbocycles. The van der Waals surface area contributed by atoms with Crippen molar-refractivity contribution in [3.8, 4) is 5.75 Å². The fourth-order valence-electron chi connectivity index (χ4n) is 3.33. The molecule has 0 aliphatic rings. The Morgan fingerprint density at radius 3 is 2.29 bits per heavy atom. The maximum Gasteiger partial charge on any atom is 0.156 e. The van der Waals surface area contributed by atoms with Gasteiger partial charge in [0.2, 0.25) is 0 Å². The number of ether oxygens (including phenoxy) is 1. The van der Waals surface area contributed by atoms with E-state index < -0.39 is 0 Å². The van der Waals surface area contributed by atoms with Gasteiger partial charge in [-0.25, -0.2) is 4.98 Å². The molecule has 5 heteroatoms. The number of hydrogen-bond donors (Lipinski definition) is 0. The summed E-state index contributed by atoms with van der Waals surface area (Å²) >= 11 is 12.9. The lowest BCUT2D eigenvalue weighted by Gasteiger charge is -2.20. The Bertz CT molecular complexity index is 1070. The molecule has 3 nitrogen and oxygen atoms in total. The second kappa shape index (κ2) is 8.26. The number of imidazole rings is 1. The van der Waals surface area contributed by atoms with Gasteiger partial charge >= 0.3 is 0 Å². The van der Waals surface area contributed by atoms with Crippen LogP contribution in [0.1, 0.15) is 30.8 Å². The van der Waals surface area contributed by atoms with Crippen LogP contribution in [0.3, 0.4) is 0 Å². The molecule has 0 spiro atoms. The van der Waals surface area contributed by atoms with Crippen LogP contribution in [0.25, 0.3) is 11.0 Å². The van der Waals surface area contributed by atoms with Crippen molar-refractivity contribution in [1.29, 1.82) is 0 Å². The van der Waals surface area contributed by atoms with Crippen LogP contribution in [0, 0.1) is 0 Å². The Morgan fingerprint density at radius 2 is 1.57 bits per heavy atom. The van der Waals surface area contributed by atoms with Crippen LogP contribution in [0.4, 0.5) is 0 Å². The third-order valence-electron chi connectivity index (χ3n) is 4.74. The molecule has 0 radical (unpaired) electrons. The summed E-state index contributed by atoms with van der Waals surface area (Å²) in [6, 6.07) is 23.5. The zero-order valence-electron chi connectivity index (χ0n) is 15.5. The molecule has 3 aromatic carbocycles. The summed E-state index contributed by atoms with van der Waals surface area (Å²) in [5.41, 5.74) is 2.84. The molecular formula is C23H20Cl2N2O. The Morgan fingerprint density at radius 1 is 0.893 bits per heavy atom. The van der Waals surface area contributed by atoms with Crippen molar-refractivity contribution in [2.75, 3.05) is 0 Å². The van der Waals surface area contributed by atoms with Gasteiger partial charge < -0.3 is 9.30 Å². The van der Waals surface area contributed by atoms with Crippen molar-refractivity contribution in [3.05, 3.63) is 94.2 Å². The van der Waals surface area contributed by atoms with Crippen molar-refractivity contribution >= 4 is 34.2 Å². The molecule has 1 unspecified atom stereocenters. The molecule has 4 aromatic rings. The lowest BCUT2D eigenvalue weighted by Crippen LogP contribution is -2.15. The van der Waals surface area contributed by atoms with Crippen molar-refractivity contribution in [3.63, 3.8) is 0 Å². The first-order chi connectivity index (χ1) is 13.7. The van der Waals surface area contributed by atoms with Gasteiger partial charge in [0, 0.05) is 15.6 Å². The van der Waals surface area contributed by atoms with E-state index in [4.69, 9.17) is 32.9 Å². The zero-order chi connectivity index (χ0) is 19.5. The summed E-state index contributed by atoms with van der Waals surface area (Å²) < 4.78 is 8.42. The van der Waals surface area contributed by atoms with Gasteiger partial charge in [-0.05, 0) is 42.8 Å². The van der Waals surface area contributed by atoms with E-state index in [1.54, 1.807) is 0 Å². The average molecular weight is 411 g/mol. The molecule has 0 fully saturated rings. The molecular weight excluding hydrogens is 391 g/mol. The summed E-state index contributed by atoms with van der Waals surface area (Å²) in [7, 11) is 0. The van der Waals surface area contributed by atoms with Crippen LogP contribution in [-0.2, 0) is 6.54 Å². The average Bonchev–Trinajstić information content (AvgIpc) is 3.08. The zero-order valence-corrected chi connectivity index (χ0v) is 17.0. The van der Waals surface area contributed by atoms with Gasteiger partial charge in [0.1, 0.15) is 5.75 Å². The molecule has 1 aromatic heterocycles. The van der Waals surface area contributed by atoms with Crippen LogP contribution >= 0.6 is 23.2 Å². The van der Waals surface area contributed by atoms with Crippen LogP contribution in [-0.4, -0.2) is 9.55 Å². The Balaban J connectivity index is 1.80. The van der Waals surface area contributed by atoms with Gasteiger partial charge in [0.25, 0.3) is 0 Å². The summed E-state index contributed by atoms with van der Waals surface area (Å²) in [5.74, 6) is 1.69. The smallest absolute Gasteiger partial charge is 0.156 e. The number of hydrogen-bond acceptors (Lipinski definition) is 2. The van der Waals surface area contributed by atoms with Gasteiger partial charge in [-0.15, -0.1) is 0 Å². The summed E-state index contributed by atoms with van der Waals surface area (Å²) in [4.78, 5) is 4.89. The fourth-order valence-corrected chi connectivity index (χ4v) is 3.85. The molecule has 0 aliphatic heterocycles. The Kier molecular flexibility index (Phi) is 5.56. The van der Waals surface area contributed by atoms with Crippen LogP contribution in [0.2, 0.25) is 10.0 Å². The van der Waals surface area contributed by atoms with Gasteiger partial charge in [-0.3, -0.25) is 0 Å². The van der Waals surface area contributed by atoms with Crippen molar-refractivity contribution in [1.82, 2.24) is 9.55 Å². The Labute approximate surface area is 174 Å². The molecule has 1 heterocycles. The number of aromatic nitrogens is 2. The molecule has 0 bridgehead atoms. The molecule has 28 heavy (non-hydrogen) atoms. The minimum Gasteiger partial charge on any atom is -0.483 e. The minimum absolute atomic E-state index is 0.184. The second-order valence-electron chi connectivity index (χ2n) is 6.57. The minimum atomic E-state index is -0.184. The quantitative estimate of drug-likeness (QED) is 0.344. The van der Waals surface area contributed by atoms with Crippen molar-refractivity contribution in [2.45, 2.75) is 26.0 Å². The maximum absolute atomic E-state index is 6.44. The number of fused-ring (bicyclic) bond motifs is 1. The molecule has 4 rings (SSSR count). The van der Waals surface area contributed by atoms with E-state index in [0.29, 0.717) is 16.6 Å². The molecule has 0 N–H and O–H groups in total. The summed E-state index contributed by atoms with van der Waals surface area (Å²) in [6.45, 7) is 2.63. The number of nitrogens with zero attached hydrogens (tertiary/aromatic N) is 2. The lowest BCUT2D eigenvalue weighted by molar-refractivity contribution is 0.187. The first-order valence-corrected chi connectivity index (χ1v) is 10.0.